The van der Waals surface area contributed by atoms with Crippen LogP contribution in [0.15, 0.2) is 48.5 Å². The van der Waals surface area contributed by atoms with E-state index in [4.69, 9.17) is 4.74 Å². The SMILES string of the molecule is CCCCC(NC(=O)[C@@H](CC(C)C)NC(=O)OCC1c2ccccc2-c2ccccc21)C(=O)O. The Morgan fingerprint density at radius 3 is 2.06 bits per heavy atom. The molecule has 0 bridgehead atoms. The van der Waals surface area contributed by atoms with Crippen LogP contribution in [-0.2, 0) is 14.3 Å². The largest absolute Gasteiger partial charge is 0.480 e. The zero-order chi connectivity index (χ0) is 24.7. The monoisotopic (exact) mass is 466 g/mol. The van der Waals surface area contributed by atoms with Gasteiger partial charge < -0.3 is 20.5 Å². The molecule has 182 valence electrons. The van der Waals surface area contributed by atoms with E-state index in [9.17, 15) is 19.5 Å². The van der Waals surface area contributed by atoms with Gasteiger partial charge in [-0.05, 0) is 41.0 Å². The van der Waals surface area contributed by atoms with Gasteiger partial charge in [0.1, 0.15) is 18.7 Å². The second kappa shape index (κ2) is 11.7. The molecule has 7 nitrogen and oxygen atoms in total. The molecule has 0 heterocycles. The van der Waals surface area contributed by atoms with E-state index in [1.807, 2.05) is 57.2 Å². The highest BCUT2D eigenvalue weighted by molar-refractivity contribution is 5.89. The Labute approximate surface area is 200 Å². The lowest BCUT2D eigenvalue weighted by molar-refractivity contribution is -0.142. The molecule has 3 N–H and O–H groups in total. The lowest BCUT2D eigenvalue weighted by Crippen LogP contribution is -2.52. The molecule has 7 heteroatoms. The van der Waals surface area contributed by atoms with Crippen LogP contribution in [0.2, 0.25) is 0 Å². The molecule has 2 atom stereocenters. The summed E-state index contributed by atoms with van der Waals surface area (Å²) in [7, 11) is 0. The standard InChI is InChI=1S/C27H34N2O5/c1-4-5-14-23(26(31)32)28-25(30)24(15-17(2)3)29-27(33)34-16-22-20-12-8-6-10-18(20)19-11-7-9-13-21(19)22/h6-13,17,22-24H,4-5,14-16H2,1-3H3,(H,28,30)(H,29,33)(H,31,32)/t23?,24-/m1/s1. The zero-order valence-corrected chi connectivity index (χ0v) is 20.0. The summed E-state index contributed by atoms with van der Waals surface area (Å²) < 4.78 is 5.57. The predicted octanol–water partition coefficient (Wildman–Crippen LogP) is 4.70. The van der Waals surface area contributed by atoms with Crippen molar-refractivity contribution < 1.29 is 24.2 Å². The maximum absolute atomic E-state index is 12.8. The van der Waals surface area contributed by atoms with Gasteiger partial charge in [-0.15, -0.1) is 0 Å². The van der Waals surface area contributed by atoms with Crippen molar-refractivity contribution in [3.05, 3.63) is 59.7 Å². The molecule has 0 radical (unpaired) electrons. The predicted molar refractivity (Wildman–Crippen MR) is 131 cm³/mol. The van der Waals surface area contributed by atoms with E-state index in [1.165, 1.54) is 0 Å². The van der Waals surface area contributed by atoms with Crippen LogP contribution in [0.4, 0.5) is 4.79 Å². The number of carbonyl (C=O) groups is 3. The maximum Gasteiger partial charge on any atom is 0.407 e. The number of benzene rings is 2. The van der Waals surface area contributed by atoms with Gasteiger partial charge in [-0.25, -0.2) is 9.59 Å². The van der Waals surface area contributed by atoms with E-state index in [0.717, 1.165) is 28.7 Å². The summed E-state index contributed by atoms with van der Waals surface area (Å²) in [5.74, 6) is -1.55. The average Bonchev–Trinajstić information content (AvgIpc) is 3.13. The van der Waals surface area contributed by atoms with Crippen molar-refractivity contribution in [3.8, 4) is 11.1 Å². The highest BCUT2D eigenvalue weighted by Crippen LogP contribution is 2.44. The smallest absolute Gasteiger partial charge is 0.407 e. The van der Waals surface area contributed by atoms with Crippen molar-refractivity contribution in [2.24, 2.45) is 5.92 Å². The summed E-state index contributed by atoms with van der Waals surface area (Å²) in [5, 5.41) is 14.7. The number of ether oxygens (including phenoxy) is 1. The average molecular weight is 467 g/mol. The van der Waals surface area contributed by atoms with Gasteiger partial charge in [0.2, 0.25) is 5.91 Å². The van der Waals surface area contributed by atoms with E-state index >= 15 is 0 Å². The minimum Gasteiger partial charge on any atom is -0.480 e. The molecule has 0 spiro atoms. The van der Waals surface area contributed by atoms with Crippen LogP contribution in [-0.4, -0.2) is 41.8 Å². The Balaban J connectivity index is 1.65. The third kappa shape index (κ3) is 6.16. The lowest BCUT2D eigenvalue weighted by Gasteiger charge is -2.23. The summed E-state index contributed by atoms with van der Waals surface area (Å²) in [6, 6.07) is 14.3. The number of rotatable bonds is 11. The third-order valence-electron chi connectivity index (χ3n) is 6.12. The first kappa shape index (κ1) is 25.3. The molecular weight excluding hydrogens is 432 g/mol. The summed E-state index contributed by atoms with van der Waals surface area (Å²) in [6.45, 7) is 5.97. The molecule has 0 aromatic heterocycles. The number of carbonyl (C=O) groups excluding carboxylic acids is 2. The van der Waals surface area contributed by atoms with Gasteiger partial charge in [-0.1, -0.05) is 82.1 Å². The number of hydrogen-bond acceptors (Lipinski definition) is 4. The van der Waals surface area contributed by atoms with Crippen molar-refractivity contribution >= 4 is 18.0 Å². The fourth-order valence-corrected chi connectivity index (χ4v) is 4.42. The van der Waals surface area contributed by atoms with Crippen LogP contribution < -0.4 is 10.6 Å². The summed E-state index contributed by atoms with van der Waals surface area (Å²) in [5.41, 5.74) is 4.48. The minimum atomic E-state index is -1.08. The fourth-order valence-electron chi connectivity index (χ4n) is 4.42. The normalized spacial score (nSPS) is 14.1. The minimum absolute atomic E-state index is 0.0824. The van der Waals surface area contributed by atoms with Crippen molar-refractivity contribution in [1.82, 2.24) is 10.6 Å². The number of aliphatic carboxylic acids is 1. The van der Waals surface area contributed by atoms with E-state index in [0.29, 0.717) is 19.3 Å². The Morgan fingerprint density at radius 1 is 0.941 bits per heavy atom. The maximum atomic E-state index is 12.8. The highest BCUT2D eigenvalue weighted by atomic mass is 16.5. The fraction of sp³-hybridized carbons (Fsp3) is 0.444. The van der Waals surface area contributed by atoms with E-state index in [2.05, 4.69) is 22.8 Å². The number of hydrogen-bond donors (Lipinski definition) is 3. The molecule has 1 aliphatic carbocycles. The number of nitrogens with one attached hydrogen (secondary N) is 2. The highest BCUT2D eigenvalue weighted by Gasteiger charge is 2.31. The molecule has 2 aromatic rings. The quantitative estimate of drug-likeness (QED) is 0.445. The first-order valence-corrected chi connectivity index (χ1v) is 12.0. The van der Waals surface area contributed by atoms with Gasteiger partial charge in [0, 0.05) is 5.92 Å². The van der Waals surface area contributed by atoms with Crippen LogP contribution in [0.25, 0.3) is 11.1 Å². The van der Waals surface area contributed by atoms with Gasteiger partial charge in [0.15, 0.2) is 0 Å². The molecule has 2 amide bonds. The van der Waals surface area contributed by atoms with Crippen molar-refractivity contribution in [2.75, 3.05) is 6.61 Å². The van der Waals surface area contributed by atoms with E-state index in [-0.39, 0.29) is 18.4 Å². The zero-order valence-electron chi connectivity index (χ0n) is 20.0. The number of amides is 2. The van der Waals surface area contributed by atoms with Crippen molar-refractivity contribution in [1.29, 1.82) is 0 Å². The summed E-state index contributed by atoms with van der Waals surface area (Å²) >= 11 is 0. The number of carboxylic acid groups (broad SMARTS) is 1. The Hall–Kier alpha value is -3.35. The second-order valence-corrected chi connectivity index (χ2v) is 9.19. The molecule has 3 rings (SSSR count). The van der Waals surface area contributed by atoms with Crippen LogP contribution in [0.3, 0.4) is 0 Å². The molecule has 0 aliphatic heterocycles. The lowest BCUT2D eigenvalue weighted by atomic mass is 9.98. The summed E-state index contributed by atoms with van der Waals surface area (Å²) in [4.78, 5) is 37.0. The number of carboxylic acids is 1. The molecule has 1 unspecified atom stereocenters. The molecule has 1 aliphatic rings. The number of unbranched alkanes of at least 4 members (excludes halogenated alkanes) is 1. The van der Waals surface area contributed by atoms with E-state index < -0.39 is 30.1 Å². The first-order valence-electron chi connectivity index (χ1n) is 12.0. The molecule has 2 aromatic carbocycles. The molecule has 0 saturated heterocycles. The van der Waals surface area contributed by atoms with Crippen molar-refractivity contribution in [3.63, 3.8) is 0 Å². The van der Waals surface area contributed by atoms with Crippen LogP contribution in [0, 0.1) is 5.92 Å². The Bertz CT molecular complexity index is 974. The second-order valence-electron chi connectivity index (χ2n) is 9.19. The van der Waals surface area contributed by atoms with Crippen LogP contribution in [0.5, 0.6) is 0 Å². The molecule has 0 saturated carbocycles. The van der Waals surface area contributed by atoms with Gasteiger partial charge in [-0.3, -0.25) is 4.79 Å². The van der Waals surface area contributed by atoms with Crippen molar-refractivity contribution in [2.45, 2.75) is 64.5 Å². The Kier molecular flexibility index (Phi) is 8.68. The van der Waals surface area contributed by atoms with E-state index in [1.54, 1.807) is 0 Å². The Morgan fingerprint density at radius 2 is 1.53 bits per heavy atom. The van der Waals surface area contributed by atoms with Crippen LogP contribution in [0.1, 0.15) is 63.5 Å². The topological polar surface area (TPSA) is 105 Å². The molecular formula is C27H34N2O5. The molecule has 0 fully saturated rings. The number of fused-ring (bicyclic) bond motifs is 3. The number of alkyl carbamates (subject to hydrolysis) is 1. The van der Waals surface area contributed by atoms with Gasteiger partial charge >= 0.3 is 12.1 Å². The van der Waals surface area contributed by atoms with Gasteiger partial charge in [-0.2, -0.15) is 0 Å². The summed E-state index contributed by atoms with van der Waals surface area (Å²) in [6.07, 6.45) is 1.54. The van der Waals surface area contributed by atoms with Gasteiger partial charge in [0.05, 0.1) is 0 Å². The third-order valence-corrected chi connectivity index (χ3v) is 6.12. The van der Waals surface area contributed by atoms with Crippen LogP contribution >= 0.6 is 0 Å². The van der Waals surface area contributed by atoms with Gasteiger partial charge in [0.25, 0.3) is 0 Å². The molecule has 34 heavy (non-hydrogen) atoms. The first-order chi connectivity index (χ1) is 16.3.